The molecule has 0 bridgehead atoms. The highest BCUT2D eigenvalue weighted by atomic mass is 127. The zero-order valence-electron chi connectivity index (χ0n) is 20.0. The second kappa shape index (κ2) is 12.1. The van der Waals surface area contributed by atoms with Crippen molar-refractivity contribution < 1.29 is 23.9 Å². The van der Waals surface area contributed by atoms with Crippen LogP contribution in [0.3, 0.4) is 0 Å². The smallest absolute Gasteiger partial charge is 0.410 e. The normalized spacial score (nSPS) is 23.3. The molecule has 1 unspecified atom stereocenters. The van der Waals surface area contributed by atoms with Crippen LogP contribution in [-0.4, -0.2) is 75.3 Å². The van der Waals surface area contributed by atoms with E-state index in [0.717, 1.165) is 30.1 Å². The zero-order valence-corrected chi connectivity index (χ0v) is 24.3. The molecule has 11 heteroatoms. The Hall–Kier alpha value is -0.990. The molecule has 0 saturated heterocycles. The topological polar surface area (TPSA) is 109 Å². The fraction of sp³-hybridized carbons (Fsp3) is 0.773. The van der Waals surface area contributed by atoms with Crippen molar-refractivity contribution in [3.63, 3.8) is 0 Å². The van der Waals surface area contributed by atoms with Crippen molar-refractivity contribution in [1.82, 2.24) is 20.9 Å². The van der Waals surface area contributed by atoms with Crippen molar-refractivity contribution in [3.05, 3.63) is 12.3 Å². The molecule has 0 aromatic heterocycles. The van der Waals surface area contributed by atoms with E-state index in [1.54, 1.807) is 6.92 Å². The van der Waals surface area contributed by atoms with E-state index in [0.29, 0.717) is 9.62 Å². The van der Waals surface area contributed by atoms with Crippen LogP contribution in [0.1, 0.15) is 46.5 Å². The monoisotopic (exact) mass is 690 g/mol. The number of carbonyl (C=O) groups excluding carboxylic acids is 3. The summed E-state index contributed by atoms with van der Waals surface area (Å²) in [7, 11) is 2.57. The summed E-state index contributed by atoms with van der Waals surface area (Å²) in [6.07, 6.45) is 2.62. The highest BCUT2D eigenvalue weighted by molar-refractivity contribution is 14.1. The molecule has 2 saturated carbocycles. The molecule has 2 rings (SSSR count). The van der Waals surface area contributed by atoms with Gasteiger partial charge in [0.15, 0.2) is 0 Å². The molecule has 3 amide bonds. The van der Waals surface area contributed by atoms with Gasteiger partial charge in [0, 0.05) is 25.6 Å². The molecule has 0 aromatic carbocycles. The fourth-order valence-corrected chi connectivity index (χ4v) is 5.79. The average Bonchev–Trinajstić information content (AvgIpc) is 3.44. The number of hydrogen-bond donors (Lipinski definition) is 3. The van der Waals surface area contributed by atoms with Gasteiger partial charge < -0.3 is 25.4 Å². The molecule has 188 valence electrons. The fourth-order valence-electron chi connectivity index (χ4n) is 4.11. The Morgan fingerprint density at radius 3 is 2.18 bits per heavy atom. The first kappa shape index (κ1) is 28.2. The second-order valence-corrected chi connectivity index (χ2v) is 11.6. The molecular weight excluding hydrogens is 654 g/mol. The Morgan fingerprint density at radius 1 is 1.18 bits per heavy atom. The van der Waals surface area contributed by atoms with Gasteiger partial charge in [0.2, 0.25) is 5.91 Å². The summed E-state index contributed by atoms with van der Waals surface area (Å²) in [5.41, 5.74) is 0.322. The third-order valence-electron chi connectivity index (χ3n) is 6.38. The molecule has 0 aliphatic heterocycles. The van der Waals surface area contributed by atoms with Crippen molar-refractivity contribution >= 4 is 63.3 Å². The minimum atomic E-state index is -0.791. The van der Waals surface area contributed by atoms with Gasteiger partial charge in [0.1, 0.15) is 6.04 Å². The number of methoxy groups -OCH3 is 2. The summed E-state index contributed by atoms with van der Waals surface area (Å²) < 4.78 is 11.2. The average molecular weight is 690 g/mol. The highest BCUT2D eigenvalue weighted by Gasteiger charge is 2.45. The Balaban J connectivity index is 2.34. The van der Waals surface area contributed by atoms with Crippen LogP contribution in [0.4, 0.5) is 9.59 Å². The molecule has 0 radical (unpaired) electrons. The number of hydrogen-bond acceptors (Lipinski definition) is 6. The molecule has 2 aliphatic rings. The van der Waals surface area contributed by atoms with Crippen LogP contribution in [0, 0.1) is 5.92 Å². The van der Waals surface area contributed by atoms with Crippen molar-refractivity contribution in [1.29, 1.82) is 0 Å². The van der Waals surface area contributed by atoms with Crippen LogP contribution in [0.5, 0.6) is 0 Å². The van der Waals surface area contributed by atoms with Gasteiger partial charge >= 0.3 is 12.2 Å². The number of nitrogens with one attached hydrogen (secondary N) is 3. The number of rotatable bonds is 11. The maximum absolute atomic E-state index is 13.5. The molecule has 9 nitrogen and oxygen atoms in total. The van der Waals surface area contributed by atoms with Gasteiger partial charge in [0.05, 0.1) is 26.3 Å². The predicted octanol–water partition coefficient (Wildman–Crippen LogP) is 3.35. The number of carbonyl (C=O) groups is 3. The first-order valence-electron chi connectivity index (χ1n) is 11.2. The Bertz CT molecular complexity index is 741. The summed E-state index contributed by atoms with van der Waals surface area (Å²) in [5.74, 6) is -0.413. The number of nitrogens with zero attached hydrogens (tertiary/aromatic N) is 1. The minimum absolute atomic E-state index is 0.194. The molecule has 0 spiro atoms. The van der Waals surface area contributed by atoms with Gasteiger partial charge in [-0.05, 0) is 38.5 Å². The molecule has 3 N–H and O–H groups in total. The third-order valence-corrected chi connectivity index (χ3v) is 9.22. The molecule has 33 heavy (non-hydrogen) atoms. The summed E-state index contributed by atoms with van der Waals surface area (Å²) in [6.45, 7) is 9.69. The first-order chi connectivity index (χ1) is 15.5. The molecule has 2 aliphatic carbocycles. The summed E-state index contributed by atoms with van der Waals surface area (Å²) in [4.78, 5) is 40.1. The zero-order chi connectivity index (χ0) is 24.9. The van der Waals surface area contributed by atoms with E-state index >= 15 is 0 Å². The molecule has 5 atom stereocenters. The standard InChI is InChI=1S/C22H36I2N4O5/c1-12(2)18(19(29)27-22(11-23)8-7-9-22)28(21(31)33-6)14(4)17(26-20(30)32-5)13(3)25-16-10-15(16)24/h12,14-18,25H,3,7-11H2,1-2,4-6H3,(H,26,30)(H,27,29)/t14?,15-,16-,17+,18-/m0/s1. The first-order valence-corrected chi connectivity index (χ1v) is 14.0. The maximum Gasteiger partial charge on any atom is 0.410 e. The Kier molecular flexibility index (Phi) is 10.4. The van der Waals surface area contributed by atoms with Gasteiger partial charge in [-0.3, -0.25) is 9.69 Å². The summed E-state index contributed by atoms with van der Waals surface area (Å²) in [6, 6.07) is -1.87. The van der Waals surface area contributed by atoms with E-state index in [9.17, 15) is 14.4 Å². The van der Waals surface area contributed by atoms with Gasteiger partial charge in [-0.1, -0.05) is 65.6 Å². The van der Waals surface area contributed by atoms with Crippen molar-refractivity contribution in [2.24, 2.45) is 5.92 Å². The lowest BCUT2D eigenvalue weighted by molar-refractivity contribution is -0.131. The van der Waals surface area contributed by atoms with Gasteiger partial charge in [-0.25, -0.2) is 9.59 Å². The molecule has 0 heterocycles. The van der Waals surface area contributed by atoms with Gasteiger partial charge in [-0.2, -0.15) is 0 Å². The van der Waals surface area contributed by atoms with E-state index in [1.807, 2.05) is 13.8 Å². The van der Waals surface area contributed by atoms with Crippen molar-refractivity contribution in [3.8, 4) is 0 Å². The lowest BCUT2D eigenvalue weighted by Crippen LogP contribution is -2.65. The second-order valence-electron chi connectivity index (χ2n) is 9.20. The Labute approximate surface area is 223 Å². The summed E-state index contributed by atoms with van der Waals surface area (Å²) >= 11 is 4.65. The number of amides is 3. The molecule has 0 aromatic rings. The molecule has 2 fully saturated rings. The highest BCUT2D eigenvalue weighted by Crippen LogP contribution is 2.35. The van der Waals surface area contributed by atoms with Crippen LogP contribution >= 0.6 is 45.2 Å². The summed E-state index contributed by atoms with van der Waals surface area (Å²) in [5, 5.41) is 9.31. The number of alkyl carbamates (subject to hydrolysis) is 1. The Morgan fingerprint density at radius 2 is 1.79 bits per heavy atom. The minimum Gasteiger partial charge on any atom is -0.453 e. The predicted molar refractivity (Wildman–Crippen MR) is 144 cm³/mol. The van der Waals surface area contributed by atoms with Gasteiger partial charge in [-0.15, -0.1) is 0 Å². The van der Waals surface area contributed by atoms with Crippen molar-refractivity contribution in [2.75, 3.05) is 18.6 Å². The molecular formula is C22H36I2N4O5. The lowest BCUT2D eigenvalue weighted by Gasteiger charge is -2.45. The van der Waals surface area contributed by atoms with Crippen LogP contribution in [0.15, 0.2) is 12.3 Å². The lowest BCUT2D eigenvalue weighted by atomic mass is 9.78. The maximum atomic E-state index is 13.5. The van der Waals surface area contributed by atoms with E-state index in [-0.39, 0.29) is 23.4 Å². The number of alkyl halides is 2. The van der Waals surface area contributed by atoms with Crippen LogP contribution < -0.4 is 16.0 Å². The quantitative estimate of drug-likeness (QED) is 0.227. The van der Waals surface area contributed by atoms with Crippen molar-refractivity contribution in [2.45, 2.75) is 80.1 Å². The largest absolute Gasteiger partial charge is 0.453 e. The van der Waals surface area contributed by atoms with Gasteiger partial charge in [0.25, 0.3) is 0 Å². The number of ether oxygens (including phenoxy) is 2. The van der Waals surface area contributed by atoms with E-state index in [2.05, 4.69) is 67.7 Å². The van der Waals surface area contributed by atoms with Crippen LogP contribution in [-0.2, 0) is 14.3 Å². The van der Waals surface area contributed by atoms with E-state index in [4.69, 9.17) is 9.47 Å². The third kappa shape index (κ3) is 7.01. The SMILES string of the molecule is C=C(N[C@H]1C[C@@H]1I)[C@@H](NC(=O)OC)C(C)N(C(=O)OC)[C@H](C(=O)NC1(CI)CCC1)C(C)C. The van der Waals surface area contributed by atoms with E-state index < -0.39 is 30.3 Å². The van der Waals surface area contributed by atoms with Crippen LogP contribution in [0.25, 0.3) is 0 Å². The van der Waals surface area contributed by atoms with E-state index in [1.165, 1.54) is 19.1 Å². The number of halogens is 2. The van der Waals surface area contributed by atoms with Crippen LogP contribution in [0.2, 0.25) is 0 Å².